The molecule has 0 aliphatic heterocycles. The van der Waals surface area contributed by atoms with Crippen molar-refractivity contribution >= 4 is 17.2 Å². The van der Waals surface area contributed by atoms with Crippen LogP contribution >= 0.6 is 11.3 Å². The quantitative estimate of drug-likeness (QED) is 0.824. The summed E-state index contributed by atoms with van der Waals surface area (Å²) in [7, 11) is 1.71. The lowest BCUT2D eigenvalue weighted by atomic mass is 10.1. The molecule has 0 N–H and O–H groups in total. The molecular formula is C16H18FNOS. The first-order chi connectivity index (χ1) is 9.41. The zero-order valence-electron chi connectivity index (χ0n) is 12.1. The summed E-state index contributed by atoms with van der Waals surface area (Å²) in [6, 6.07) is 8.17. The molecule has 0 radical (unpaired) electrons. The van der Waals surface area contributed by atoms with Crippen molar-refractivity contribution < 1.29 is 9.18 Å². The highest BCUT2D eigenvalue weighted by molar-refractivity contribution is 7.14. The number of nitrogens with zero attached hydrogens (tertiary/aromatic N) is 1. The molecule has 1 heterocycles. The van der Waals surface area contributed by atoms with Gasteiger partial charge in [0.05, 0.1) is 10.9 Å². The average Bonchev–Trinajstić information content (AvgIpc) is 2.77. The summed E-state index contributed by atoms with van der Waals surface area (Å²) < 4.78 is 13.8. The van der Waals surface area contributed by atoms with Crippen LogP contribution in [-0.4, -0.2) is 17.9 Å². The molecule has 1 atom stereocenters. The minimum absolute atomic E-state index is 0.0676. The second-order valence-corrected chi connectivity index (χ2v) is 6.22. The van der Waals surface area contributed by atoms with Crippen LogP contribution in [0.5, 0.6) is 0 Å². The van der Waals surface area contributed by atoms with E-state index >= 15 is 0 Å². The topological polar surface area (TPSA) is 20.3 Å². The Morgan fingerprint density at radius 3 is 2.50 bits per heavy atom. The van der Waals surface area contributed by atoms with Crippen molar-refractivity contribution in [2.75, 3.05) is 7.05 Å². The normalized spacial score (nSPS) is 12.2. The molecule has 2 aromatic rings. The number of carbonyl (C=O) groups is 1. The van der Waals surface area contributed by atoms with Gasteiger partial charge in [-0.05, 0) is 38.5 Å². The van der Waals surface area contributed by atoms with E-state index in [-0.39, 0.29) is 17.8 Å². The molecule has 1 unspecified atom stereocenters. The Balaban J connectivity index is 2.24. The zero-order valence-corrected chi connectivity index (χ0v) is 12.9. The predicted octanol–water partition coefficient (Wildman–Crippen LogP) is 4.34. The summed E-state index contributed by atoms with van der Waals surface area (Å²) in [6.07, 6.45) is 0. The van der Waals surface area contributed by atoms with Crippen LogP contribution in [0.2, 0.25) is 0 Å². The van der Waals surface area contributed by atoms with E-state index in [4.69, 9.17) is 0 Å². The zero-order chi connectivity index (χ0) is 14.9. The van der Waals surface area contributed by atoms with Crippen LogP contribution in [0.4, 0.5) is 4.39 Å². The molecule has 0 aliphatic rings. The number of hydrogen-bond acceptors (Lipinski definition) is 2. The van der Waals surface area contributed by atoms with Gasteiger partial charge in [0.25, 0.3) is 5.91 Å². The van der Waals surface area contributed by atoms with Gasteiger partial charge in [0.15, 0.2) is 0 Å². The van der Waals surface area contributed by atoms with Crippen LogP contribution < -0.4 is 0 Å². The Morgan fingerprint density at radius 1 is 1.30 bits per heavy atom. The fraction of sp³-hybridized carbons (Fsp3) is 0.312. The lowest BCUT2D eigenvalue weighted by Gasteiger charge is -2.25. The molecule has 20 heavy (non-hydrogen) atoms. The van der Waals surface area contributed by atoms with Crippen LogP contribution in [0.25, 0.3) is 0 Å². The van der Waals surface area contributed by atoms with Gasteiger partial charge in [0, 0.05) is 17.5 Å². The third kappa shape index (κ3) is 2.75. The number of halogens is 1. The Hall–Kier alpha value is -1.68. The minimum atomic E-state index is -0.300. The second kappa shape index (κ2) is 5.75. The van der Waals surface area contributed by atoms with Gasteiger partial charge in [0.2, 0.25) is 0 Å². The van der Waals surface area contributed by atoms with E-state index < -0.39 is 0 Å². The lowest BCUT2D eigenvalue weighted by molar-refractivity contribution is 0.0745. The number of benzene rings is 1. The van der Waals surface area contributed by atoms with Crippen LogP contribution in [0.3, 0.4) is 0 Å². The molecule has 106 valence electrons. The average molecular weight is 291 g/mol. The highest BCUT2D eigenvalue weighted by Crippen LogP contribution is 2.27. The molecule has 0 fully saturated rings. The van der Waals surface area contributed by atoms with Crippen molar-refractivity contribution in [2.45, 2.75) is 26.8 Å². The maximum Gasteiger partial charge on any atom is 0.264 e. The fourth-order valence-electron chi connectivity index (χ4n) is 2.05. The summed E-state index contributed by atoms with van der Waals surface area (Å²) in [5.74, 6) is -0.347. The van der Waals surface area contributed by atoms with E-state index in [9.17, 15) is 9.18 Å². The summed E-state index contributed by atoms with van der Waals surface area (Å²) in [6.45, 7) is 5.82. The smallest absolute Gasteiger partial charge is 0.264 e. The lowest BCUT2D eigenvalue weighted by Crippen LogP contribution is -2.29. The molecule has 0 bridgehead atoms. The molecule has 1 aromatic heterocycles. The first kappa shape index (κ1) is 14.7. The van der Waals surface area contributed by atoms with Crippen LogP contribution in [0.1, 0.15) is 38.6 Å². The molecule has 2 rings (SSSR count). The van der Waals surface area contributed by atoms with Crippen molar-refractivity contribution in [3.63, 3.8) is 0 Å². The molecular weight excluding hydrogens is 273 g/mol. The molecule has 2 nitrogen and oxygen atoms in total. The van der Waals surface area contributed by atoms with Crippen LogP contribution in [0, 0.1) is 19.7 Å². The Kier molecular flexibility index (Phi) is 4.23. The first-order valence-corrected chi connectivity index (χ1v) is 7.32. The van der Waals surface area contributed by atoms with E-state index in [1.165, 1.54) is 17.4 Å². The minimum Gasteiger partial charge on any atom is -0.334 e. The highest BCUT2D eigenvalue weighted by atomic mass is 32.1. The van der Waals surface area contributed by atoms with Crippen molar-refractivity contribution in [1.82, 2.24) is 4.90 Å². The largest absolute Gasteiger partial charge is 0.334 e. The molecule has 0 aliphatic carbocycles. The summed E-state index contributed by atoms with van der Waals surface area (Å²) in [4.78, 5) is 15.9. The number of rotatable bonds is 3. The van der Waals surface area contributed by atoms with E-state index in [0.717, 1.165) is 10.4 Å². The molecule has 4 heteroatoms. The Labute approximate surface area is 122 Å². The second-order valence-electron chi connectivity index (χ2n) is 4.96. The molecule has 0 saturated heterocycles. The number of amides is 1. The number of hydrogen-bond donors (Lipinski definition) is 0. The first-order valence-electron chi connectivity index (χ1n) is 6.50. The van der Waals surface area contributed by atoms with E-state index in [1.54, 1.807) is 30.1 Å². The van der Waals surface area contributed by atoms with E-state index in [1.807, 2.05) is 26.8 Å². The number of thiophene rings is 1. The predicted molar refractivity (Wildman–Crippen MR) is 80.7 cm³/mol. The Bertz CT molecular complexity index is 616. The van der Waals surface area contributed by atoms with Crippen molar-refractivity contribution in [2.24, 2.45) is 0 Å². The molecule has 1 amide bonds. The monoisotopic (exact) mass is 291 g/mol. The van der Waals surface area contributed by atoms with Gasteiger partial charge in [-0.2, -0.15) is 0 Å². The van der Waals surface area contributed by atoms with Gasteiger partial charge in [-0.1, -0.05) is 18.2 Å². The van der Waals surface area contributed by atoms with Gasteiger partial charge in [-0.15, -0.1) is 11.3 Å². The van der Waals surface area contributed by atoms with Gasteiger partial charge in [-0.25, -0.2) is 4.39 Å². The van der Waals surface area contributed by atoms with Gasteiger partial charge >= 0.3 is 0 Å². The van der Waals surface area contributed by atoms with Crippen molar-refractivity contribution in [1.29, 1.82) is 0 Å². The summed E-state index contributed by atoms with van der Waals surface area (Å²) in [5, 5.41) is 0. The number of aryl methyl sites for hydroxylation is 2. The fourth-order valence-corrected chi connectivity index (χ4v) is 3.07. The van der Waals surface area contributed by atoms with E-state index in [0.29, 0.717) is 10.4 Å². The van der Waals surface area contributed by atoms with Crippen LogP contribution in [0.15, 0.2) is 30.3 Å². The van der Waals surface area contributed by atoms with Gasteiger partial charge < -0.3 is 4.90 Å². The van der Waals surface area contributed by atoms with Gasteiger partial charge in [-0.3, -0.25) is 4.79 Å². The third-order valence-electron chi connectivity index (χ3n) is 3.63. The van der Waals surface area contributed by atoms with Gasteiger partial charge in [0.1, 0.15) is 5.82 Å². The van der Waals surface area contributed by atoms with Crippen molar-refractivity contribution in [3.05, 3.63) is 57.0 Å². The SMILES string of the molecule is Cc1cc(C(=O)N(C)C(C)c2ccccc2F)sc1C. The maximum atomic E-state index is 13.8. The Morgan fingerprint density at radius 2 is 1.95 bits per heavy atom. The van der Waals surface area contributed by atoms with Crippen LogP contribution in [-0.2, 0) is 0 Å². The summed E-state index contributed by atoms with van der Waals surface area (Å²) in [5.41, 5.74) is 1.65. The van der Waals surface area contributed by atoms with Crippen molar-refractivity contribution in [3.8, 4) is 0 Å². The molecule has 0 saturated carbocycles. The summed E-state index contributed by atoms with van der Waals surface area (Å²) >= 11 is 1.48. The maximum absolute atomic E-state index is 13.8. The third-order valence-corrected chi connectivity index (χ3v) is 4.77. The standard InChI is InChI=1S/C16H18FNOS/c1-10-9-15(20-12(10)3)16(19)18(4)11(2)13-7-5-6-8-14(13)17/h5-9,11H,1-4H3. The highest BCUT2D eigenvalue weighted by Gasteiger charge is 2.22. The number of carbonyl (C=O) groups excluding carboxylic acids is 1. The van der Waals surface area contributed by atoms with E-state index in [2.05, 4.69) is 0 Å². The molecule has 0 spiro atoms. The molecule has 1 aromatic carbocycles.